The Morgan fingerprint density at radius 1 is 1.19 bits per heavy atom. The molecule has 0 aliphatic heterocycles. The van der Waals surface area contributed by atoms with E-state index in [1.54, 1.807) is 12.1 Å². The molecule has 0 atom stereocenters. The molecule has 0 aliphatic rings. The lowest BCUT2D eigenvalue weighted by molar-refractivity contribution is -0.115. The van der Waals surface area contributed by atoms with Crippen molar-refractivity contribution in [3.63, 3.8) is 0 Å². The van der Waals surface area contributed by atoms with Crippen LogP contribution >= 0.6 is 0 Å². The topological polar surface area (TPSA) is 24.9 Å². The van der Waals surface area contributed by atoms with Crippen molar-refractivity contribution in [2.75, 3.05) is 11.9 Å². The summed E-state index contributed by atoms with van der Waals surface area (Å²) in [7, 11) is 0. The molecule has 1 aromatic carbocycles. The lowest BCUT2D eigenvalue weighted by Crippen LogP contribution is -2.21. The van der Waals surface area contributed by atoms with Gasteiger partial charge in [0.15, 0.2) is 0 Å². The van der Waals surface area contributed by atoms with Crippen LogP contribution in [0.3, 0.4) is 0 Å². The predicted molar refractivity (Wildman–Crippen MR) is 56.3 cm³/mol. The highest BCUT2D eigenvalue weighted by atomic mass is 19.4. The molecule has 2 nitrogen and oxygen atoms in total. The standard InChI is InChI=1S/C11H9F3N2/c12-11(13,14)7-16-9-5-8-3-1-2-4-10(8)15-6-9/h1-6,16H,7H2. The van der Waals surface area contributed by atoms with Crippen LogP contribution in [0.15, 0.2) is 36.5 Å². The van der Waals surface area contributed by atoms with E-state index in [1.807, 2.05) is 18.2 Å². The smallest absolute Gasteiger partial charge is 0.375 e. The van der Waals surface area contributed by atoms with E-state index in [9.17, 15) is 13.2 Å². The molecule has 2 aromatic rings. The number of nitrogens with zero attached hydrogens (tertiary/aromatic N) is 1. The number of hydrogen-bond donors (Lipinski definition) is 1. The van der Waals surface area contributed by atoms with Crippen LogP contribution < -0.4 is 5.32 Å². The van der Waals surface area contributed by atoms with E-state index in [0.29, 0.717) is 5.69 Å². The van der Waals surface area contributed by atoms with Gasteiger partial charge in [-0.1, -0.05) is 18.2 Å². The van der Waals surface area contributed by atoms with Gasteiger partial charge in [-0.15, -0.1) is 0 Å². The summed E-state index contributed by atoms with van der Waals surface area (Å²) in [5.41, 5.74) is 1.14. The fraction of sp³-hybridized carbons (Fsp3) is 0.182. The molecule has 2 rings (SSSR count). The number of halogens is 3. The first-order chi connectivity index (χ1) is 7.54. The van der Waals surface area contributed by atoms with E-state index in [1.165, 1.54) is 6.20 Å². The summed E-state index contributed by atoms with van der Waals surface area (Å²) >= 11 is 0. The quantitative estimate of drug-likeness (QED) is 0.850. The van der Waals surface area contributed by atoms with Crippen LogP contribution in [0.4, 0.5) is 18.9 Å². The molecule has 5 heteroatoms. The number of anilines is 1. The minimum atomic E-state index is -4.22. The first-order valence-electron chi connectivity index (χ1n) is 4.70. The van der Waals surface area contributed by atoms with Crippen LogP contribution in [-0.2, 0) is 0 Å². The van der Waals surface area contributed by atoms with Gasteiger partial charge in [0, 0.05) is 5.39 Å². The summed E-state index contributed by atoms with van der Waals surface area (Å²) in [6, 6.07) is 8.91. The largest absolute Gasteiger partial charge is 0.405 e. The molecule has 16 heavy (non-hydrogen) atoms. The number of aromatic nitrogens is 1. The fourth-order valence-corrected chi connectivity index (χ4v) is 1.37. The van der Waals surface area contributed by atoms with Crippen molar-refractivity contribution >= 4 is 16.6 Å². The van der Waals surface area contributed by atoms with Crippen LogP contribution in [0.2, 0.25) is 0 Å². The van der Waals surface area contributed by atoms with Crippen molar-refractivity contribution < 1.29 is 13.2 Å². The molecule has 84 valence electrons. The van der Waals surface area contributed by atoms with Gasteiger partial charge in [0.25, 0.3) is 0 Å². The van der Waals surface area contributed by atoms with Gasteiger partial charge >= 0.3 is 6.18 Å². The maximum absolute atomic E-state index is 12.0. The molecule has 1 aromatic heterocycles. The Bertz CT molecular complexity index is 494. The second-order valence-electron chi connectivity index (χ2n) is 3.39. The van der Waals surface area contributed by atoms with E-state index in [-0.39, 0.29) is 0 Å². The first kappa shape index (κ1) is 10.7. The first-order valence-corrected chi connectivity index (χ1v) is 4.70. The van der Waals surface area contributed by atoms with Crippen LogP contribution in [-0.4, -0.2) is 17.7 Å². The van der Waals surface area contributed by atoms with Gasteiger partial charge in [-0.2, -0.15) is 13.2 Å². The zero-order chi connectivity index (χ0) is 11.6. The number of hydrogen-bond acceptors (Lipinski definition) is 2. The summed E-state index contributed by atoms with van der Waals surface area (Å²) < 4.78 is 35.9. The molecule has 1 N–H and O–H groups in total. The third-order valence-corrected chi connectivity index (χ3v) is 2.08. The minimum absolute atomic E-state index is 0.371. The summed E-state index contributed by atoms with van der Waals surface area (Å²) in [6.45, 7) is -1.05. The molecular formula is C11H9F3N2. The van der Waals surface area contributed by atoms with Gasteiger partial charge < -0.3 is 5.32 Å². The molecule has 1 heterocycles. The maximum atomic E-state index is 12.0. The Morgan fingerprint density at radius 3 is 2.69 bits per heavy atom. The van der Waals surface area contributed by atoms with Gasteiger partial charge in [0.05, 0.1) is 17.4 Å². The van der Waals surface area contributed by atoms with Crippen molar-refractivity contribution in [3.8, 4) is 0 Å². The normalized spacial score (nSPS) is 11.7. The number of rotatable bonds is 2. The highest BCUT2D eigenvalue weighted by molar-refractivity contribution is 5.81. The molecule has 0 saturated heterocycles. The Morgan fingerprint density at radius 2 is 1.94 bits per heavy atom. The van der Waals surface area contributed by atoms with Crippen LogP contribution in [0.1, 0.15) is 0 Å². The van der Waals surface area contributed by atoms with E-state index in [4.69, 9.17) is 0 Å². The lowest BCUT2D eigenvalue weighted by atomic mass is 10.2. The van der Waals surface area contributed by atoms with Crippen molar-refractivity contribution in [2.45, 2.75) is 6.18 Å². The average Bonchev–Trinajstić information content (AvgIpc) is 2.25. The van der Waals surface area contributed by atoms with E-state index in [2.05, 4.69) is 10.3 Å². The molecule has 0 unspecified atom stereocenters. The van der Waals surface area contributed by atoms with Crippen LogP contribution in [0.25, 0.3) is 10.9 Å². The predicted octanol–water partition coefficient (Wildman–Crippen LogP) is 3.21. The lowest BCUT2D eigenvalue weighted by Gasteiger charge is -2.09. The van der Waals surface area contributed by atoms with Gasteiger partial charge in [0.1, 0.15) is 6.54 Å². The minimum Gasteiger partial charge on any atom is -0.375 e. The molecule has 0 aliphatic carbocycles. The second-order valence-corrected chi connectivity index (χ2v) is 3.39. The number of nitrogens with one attached hydrogen (secondary N) is 1. The zero-order valence-electron chi connectivity index (χ0n) is 8.25. The Labute approximate surface area is 90.1 Å². The zero-order valence-corrected chi connectivity index (χ0v) is 8.25. The SMILES string of the molecule is FC(F)(F)CNc1cnc2ccccc2c1. The van der Waals surface area contributed by atoms with Gasteiger partial charge in [-0.25, -0.2) is 0 Å². The van der Waals surface area contributed by atoms with Crippen molar-refractivity contribution in [2.24, 2.45) is 0 Å². The fourth-order valence-electron chi connectivity index (χ4n) is 1.37. The summed E-state index contributed by atoms with van der Waals surface area (Å²) in [4.78, 5) is 4.05. The van der Waals surface area contributed by atoms with E-state index in [0.717, 1.165) is 10.9 Å². The van der Waals surface area contributed by atoms with Crippen LogP contribution in [0.5, 0.6) is 0 Å². The third kappa shape index (κ3) is 2.62. The Balaban J connectivity index is 2.20. The average molecular weight is 226 g/mol. The molecule has 0 saturated carbocycles. The Hall–Kier alpha value is -1.78. The Kier molecular flexibility index (Phi) is 2.68. The van der Waals surface area contributed by atoms with Gasteiger partial charge in [-0.3, -0.25) is 4.98 Å². The molecule has 0 spiro atoms. The summed E-state index contributed by atoms with van der Waals surface area (Å²) in [5.74, 6) is 0. The van der Waals surface area contributed by atoms with E-state index >= 15 is 0 Å². The highest BCUT2D eigenvalue weighted by Gasteiger charge is 2.26. The van der Waals surface area contributed by atoms with Crippen molar-refractivity contribution in [1.29, 1.82) is 0 Å². The molecule has 0 fully saturated rings. The number of benzene rings is 1. The second kappa shape index (κ2) is 4.00. The summed E-state index contributed by atoms with van der Waals surface area (Å²) in [5, 5.41) is 3.10. The van der Waals surface area contributed by atoms with Crippen molar-refractivity contribution in [3.05, 3.63) is 36.5 Å². The number of para-hydroxylation sites is 1. The molecule has 0 radical (unpaired) electrons. The van der Waals surface area contributed by atoms with Crippen molar-refractivity contribution in [1.82, 2.24) is 4.98 Å². The highest BCUT2D eigenvalue weighted by Crippen LogP contribution is 2.19. The summed E-state index contributed by atoms with van der Waals surface area (Å²) in [6.07, 6.45) is -2.82. The monoisotopic (exact) mass is 226 g/mol. The van der Waals surface area contributed by atoms with Crippen LogP contribution in [0, 0.1) is 0 Å². The van der Waals surface area contributed by atoms with E-state index < -0.39 is 12.7 Å². The molecule has 0 amide bonds. The number of pyridine rings is 1. The number of fused-ring (bicyclic) bond motifs is 1. The molecular weight excluding hydrogens is 217 g/mol. The third-order valence-electron chi connectivity index (χ3n) is 2.08. The number of alkyl halides is 3. The van der Waals surface area contributed by atoms with Gasteiger partial charge in [0.2, 0.25) is 0 Å². The maximum Gasteiger partial charge on any atom is 0.405 e. The molecule has 0 bridgehead atoms. The van der Waals surface area contributed by atoms with Gasteiger partial charge in [-0.05, 0) is 12.1 Å².